The largest absolute Gasteiger partial charge is 0.396 e. The number of aliphatic hydroxyl groups is 1. The molecule has 4 nitrogen and oxygen atoms in total. The van der Waals surface area contributed by atoms with Gasteiger partial charge in [-0.1, -0.05) is 26.7 Å². The summed E-state index contributed by atoms with van der Waals surface area (Å²) in [4.78, 5) is 11.9. The molecule has 0 atom stereocenters. The van der Waals surface area contributed by atoms with Gasteiger partial charge in [0.25, 0.3) is 0 Å². The van der Waals surface area contributed by atoms with Crippen LogP contribution >= 0.6 is 0 Å². The number of amides is 2. The maximum atomic E-state index is 11.9. The van der Waals surface area contributed by atoms with Crippen LogP contribution in [0.5, 0.6) is 0 Å². The summed E-state index contributed by atoms with van der Waals surface area (Å²) >= 11 is 0. The first-order valence-electron chi connectivity index (χ1n) is 7.94. The van der Waals surface area contributed by atoms with Gasteiger partial charge >= 0.3 is 6.03 Å². The van der Waals surface area contributed by atoms with E-state index in [1.54, 1.807) is 0 Å². The van der Waals surface area contributed by atoms with Crippen LogP contribution in [0, 0.1) is 11.3 Å². The highest BCUT2D eigenvalue weighted by Gasteiger charge is 2.32. The Morgan fingerprint density at radius 3 is 2.35 bits per heavy atom. The lowest BCUT2D eigenvalue weighted by molar-refractivity contribution is 0.148. The first-order valence-corrected chi connectivity index (χ1v) is 7.94. The van der Waals surface area contributed by atoms with Crippen LogP contribution in [0.1, 0.15) is 66.2 Å². The van der Waals surface area contributed by atoms with Crippen LogP contribution in [-0.4, -0.2) is 29.8 Å². The van der Waals surface area contributed by atoms with E-state index in [0.717, 1.165) is 12.8 Å². The van der Waals surface area contributed by atoms with E-state index in [9.17, 15) is 9.90 Å². The third-order valence-corrected chi connectivity index (χ3v) is 4.56. The van der Waals surface area contributed by atoms with Crippen molar-refractivity contribution in [2.24, 2.45) is 11.3 Å². The Bertz CT molecular complexity index is 308. The van der Waals surface area contributed by atoms with Crippen molar-refractivity contribution in [2.75, 3.05) is 13.2 Å². The van der Waals surface area contributed by atoms with Gasteiger partial charge in [-0.3, -0.25) is 0 Å². The third-order valence-electron chi connectivity index (χ3n) is 4.56. The zero-order valence-electron chi connectivity index (χ0n) is 13.6. The van der Waals surface area contributed by atoms with Crippen LogP contribution in [0.2, 0.25) is 0 Å². The van der Waals surface area contributed by atoms with E-state index in [1.165, 1.54) is 25.7 Å². The standard InChI is InChI=1S/C16H32N2O2/c1-15(2,12-19)10-7-11-17-14(20)18-16(3,4)13-8-5-6-9-13/h13,19H,5-12H2,1-4H3,(H2,17,18,20). The van der Waals surface area contributed by atoms with Gasteiger partial charge in [-0.2, -0.15) is 0 Å². The molecule has 0 saturated heterocycles. The molecular formula is C16H32N2O2. The number of urea groups is 1. The molecule has 0 aromatic rings. The third kappa shape index (κ3) is 5.70. The first kappa shape index (κ1) is 17.3. The second-order valence-electron chi connectivity index (χ2n) is 7.51. The molecular weight excluding hydrogens is 252 g/mol. The molecule has 1 rings (SSSR count). The minimum Gasteiger partial charge on any atom is -0.396 e. The topological polar surface area (TPSA) is 61.4 Å². The Hall–Kier alpha value is -0.770. The highest BCUT2D eigenvalue weighted by Crippen LogP contribution is 2.33. The molecule has 20 heavy (non-hydrogen) atoms. The van der Waals surface area contributed by atoms with E-state index in [-0.39, 0.29) is 23.6 Å². The average Bonchev–Trinajstić information content (AvgIpc) is 2.89. The lowest BCUT2D eigenvalue weighted by atomic mass is 9.86. The van der Waals surface area contributed by atoms with E-state index in [0.29, 0.717) is 12.5 Å². The highest BCUT2D eigenvalue weighted by molar-refractivity contribution is 5.74. The maximum absolute atomic E-state index is 11.9. The summed E-state index contributed by atoms with van der Waals surface area (Å²) in [6.45, 7) is 9.17. The van der Waals surface area contributed by atoms with Gasteiger partial charge in [-0.05, 0) is 50.9 Å². The number of rotatable bonds is 7. The normalized spacial score (nSPS) is 17.2. The van der Waals surface area contributed by atoms with Gasteiger partial charge in [0.1, 0.15) is 0 Å². The highest BCUT2D eigenvalue weighted by atomic mass is 16.3. The second kappa shape index (κ2) is 7.30. The fourth-order valence-electron chi connectivity index (χ4n) is 2.93. The minimum atomic E-state index is -0.120. The van der Waals surface area contributed by atoms with Crippen LogP contribution in [0.25, 0.3) is 0 Å². The summed E-state index contributed by atoms with van der Waals surface area (Å²) in [5.74, 6) is 0.599. The van der Waals surface area contributed by atoms with Crippen LogP contribution in [0.15, 0.2) is 0 Å². The molecule has 1 aliphatic carbocycles. The molecule has 1 fully saturated rings. The van der Waals surface area contributed by atoms with Gasteiger partial charge in [0.2, 0.25) is 0 Å². The van der Waals surface area contributed by atoms with Gasteiger partial charge in [0.05, 0.1) is 0 Å². The predicted molar refractivity (Wildman–Crippen MR) is 82.7 cm³/mol. The summed E-state index contributed by atoms with van der Waals surface area (Å²) in [5.41, 5.74) is -0.174. The van der Waals surface area contributed by atoms with Crippen LogP contribution in [0.3, 0.4) is 0 Å². The Kier molecular flexibility index (Phi) is 6.31. The Morgan fingerprint density at radius 1 is 1.20 bits per heavy atom. The van der Waals surface area contributed by atoms with E-state index in [1.807, 2.05) is 13.8 Å². The number of nitrogens with one attached hydrogen (secondary N) is 2. The van der Waals surface area contributed by atoms with E-state index >= 15 is 0 Å². The van der Waals surface area contributed by atoms with Crippen LogP contribution in [-0.2, 0) is 0 Å². The summed E-state index contributed by atoms with van der Waals surface area (Å²) < 4.78 is 0. The van der Waals surface area contributed by atoms with Crippen LogP contribution in [0.4, 0.5) is 4.79 Å². The average molecular weight is 284 g/mol. The Labute approximate surface area is 123 Å². The zero-order valence-corrected chi connectivity index (χ0v) is 13.6. The van der Waals surface area contributed by atoms with E-state index < -0.39 is 0 Å². The van der Waals surface area contributed by atoms with Gasteiger partial charge in [-0.15, -0.1) is 0 Å². The lowest BCUT2D eigenvalue weighted by Crippen LogP contribution is -2.52. The number of carbonyl (C=O) groups excluding carboxylic acids is 1. The molecule has 0 aliphatic heterocycles. The molecule has 0 unspecified atom stereocenters. The van der Waals surface area contributed by atoms with Gasteiger partial charge in [0, 0.05) is 18.7 Å². The van der Waals surface area contributed by atoms with E-state index in [4.69, 9.17) is 0 Å². The fraction of sp³-hybridized carbons (Fsp3) is 0.938. The second-order valence-corrected chi connectivity index (χ2v) is 7.51. The van der Waals surface area contributed by atoms with Crippen molar-refractivity contribution in [3.05, 3.63) is 0 Å². The van der Waals surface area contributed by atoms with Crippen LogP contribution < -0.4 is 10.6 Å². The molecule has 0 aromatic heterocycles. The predicted octanol–water partition coefficient (Wildman–Crippen LogP) is 3.05. The lowest BCUT2D eigenvalue weighted by Gasteiger charge is -2.32. The monoisotopic (exact) mass is 284 g/mol. The summed E-state index contributed by atoms with van der Waals surface area (Å²) in [5, 5.41) is 15.2. The van der Waals surface area contributed by atoms with Gasteiger partial charge < -0.3 is 15.7 Å². The fourth-order valence-corrected chi connectivity index (χ4v) is 2.93. The molecule has 4 heteroatoms. The smallest absolute Gasteiger partial charge is 0.315 e. The molecule has 2 amide bonds. The van der Waals surface area contributed by atoms with Gasteiger partial charge in [-0.25, -0.2) is 4.79 Å². The molecule has 0 aromatic carbocycles. The molecule has 3 N–H and O–H groups in total. The Balaban J connectivity index is 2.23. The van der Waals surface area contributed by atoms with Crippen molar-refractivity contribution in [2.45, 2.75) is 71.8 Å². The summed E-state index contributed by atoms with van der Waals surface area (Å²) in [7, 11) is 0. The molecule has 118 valence electrons. The summed E-state index contributed by atoms with van der Waals surface area (Å²) in [6.07, 6.45) is 6.82. The van der Waals surface area contributed by atoms with Crippen molar-refractivity contribution >= 4 is 6.03 Å². The molecule has 0 radical (unpaired) electrons. The van der Waals surface area contributed by atoms with Crippen molar-refractivity contribution in [1.82, 2.24) is 10.6 Å². The molecule has 0 spiro atoms. The number of hydrogen-bond acceptors (Lipinski definition) is 2. The maximum Gasteiger partial charge on any atom is 0.315 e. The SMILES string of the molecule is CC(C)(CO)CCCNC(=O)NC(C)(C)C1CCCC1. The Morgan fingerprint density at radius 2 is 1.80 bits per heavy atom. The summed E-state index contributed by atoms with van der Waals surface area (Å²) in [6, 6.07) is -0.0660. The number of carbonyl (C=O) groups is 1. The molecule has 1 aliphatic rings. The molecule has 0 heterocycles. The molecule has 1 saturated carbocycles. The number of aliphatic hydroxyl groups excluding tert-OH is 1. The van der Waals surface area contributed by atoms with Crippen molar-refractivity contribution in [3.63, 3.8) is 0 Å². The minimum absolute atomic E-state index is 0.0543. The first-order chi connectivity index (χ1) is 9.27. The zero-order chi connectivity index (χ0) is 15.2. The van der Waals surface area contributed by atoms with Gasteiger partial charge in [0.15, 0.2) is 0 Å². The van der Waals surface area contributed by atoms with Crippen molar-refractivity contribution < 1.29 is 9.90 Å². The van der Waals surface area contributed by atoms with E-state index in [2.05, 4.69) is 24.5 Å². The quantitative estimate of drug-likeness (QED) is 0.629. The number of hydrogen-bond donors (Lipinski definition) is 3. The van der Waals surface area contributed by atoms with Crippen molar-refractivity contribution in [3.8, 4) is 0 Å². The van der Waals surface area contributed by atoms with Crippen molar-refractivity contribution in [1.29, 1.82) is 0 Å². The molecule has 0 bridgehead atoms.